The molecule has 1 N–H and O–H groups in total. The van der Waals surface area contributed by atoms with Gasteiger partial charge in [0.25, 0.3) is 5.91 Å². The largest absolute Gasteiger partial charge is 0.338 e. The number of carbonyl (C=O) groups is 2. The maximum atomic E-state index is 13.0. The van der Waals surface area contributed by atoms with Gasteiger partial charge in [0.2, 0.25) is 11.0 Å². The Kier molecular flexibility index (Phi) is 5.72. The Morgan fingerprint density at radius 1 is 1.25 bits per heavy atom. The van der Waals surface area contributed by atoms with Gasteiger partial charge < -0.3 is 10.2 Å². The number of nitrogens with zero attached hydrogens (tertiary/aromatic N) is 4. The van der Waals surface area contributed by atoms with E-state index in [4.69, 9.17) is 11.6 Å². The summed E-state index contributed by atoms with van der Waals surface area (Å²) in [5, 5.41) is 11.6. The highest BCUT2D eigenvalue weighted by molar-refractivity contribution is 7.24. The summed E-state index contributed by atoms with van der Waals surface area (Å²) in [6, 6.07) is 3.75. The number of piperidine rings is 1. The normalized spacial score (nSPS) is 15.0. The number of thiophene rings is 1. The van der Waals surface area contributed by atoms with Crippen LogP contribution in [0.4, 0.5) is 5.13 Å². The predicted molar refractivity (Wildman–Crippen MR) is 112 cm³/mol. The second-order valence-corrected chi connectivity index (χ2v) is 9.88. The van der Waals surface area contributed by atoms with Crippen LogP contribution in [0.3, 0.4) is 0 Å². The highest BCUT2D eigenvalue weighted by atomic mass is 35.5. The van der Waals surface area contributed by atoms with Crippen LogP contribution >= 0.6 is 45.6 Å². The van der Waals surface area contributed by atoms with E-state index in [-0.39, 0.29) is 17.7 Å². The summed E-state index contributed by atoms with van der Waals surface area (Å²) < 4.78 is 0.699. The number of amides is 2. The average molecular weight is 454 g/mol. The Hall–Kier alpha value is -1.88. The minimum Gasteiger partial charge on any atom is -0.338 e. The molecule has 1 fully saturated rings. The standard InChI is InChI=1S/C17H16ClN5O2S3/c1-9-13(28-15(20-9)11-2-3-12(18)27-11)16(25)23-6-4-10(5-7-23)14(24)21-17-22-19-8-26-17/h2-3,8,10H,4-7H2,1H3,(H,21,22,24). The number of hydrogen-bond donors (Lipinski definition) is 1. The van der Waals surface area contributed by atoms with Crippen LogP contribution in [0.1, 0.15) is 28.2 Å². The van der Waals surface area contributed by atoms with Gasteiger partial charge in [-0.1, -0.05) is 22.9 Å². The first kappa shape index (κ1) is 19.4. The minimum atomic E-state index is -0.126. The Morgan fingerprint density at radius 2 is 2.04 bits per heavy atom. The molecule has 3 aromatic rings. The lowest BCUT2D eigenvalue weighted by Crippen LogP contribution is -2.41. The van der Waals surface area contributed by atoms with Crippen LogP contribution in [-0.2, 0) is 4.79 Å². The molecule has 1 aliphatic rings. The molecule has 0 spiro atoms. The molecule has 11 heteroatoms. The average Bonchev–Trinajstić information content (AvgIpc) is 3.43. The van der Waals surface area contributed by atoms with Crippen LogP contribution in [0.5, 0.6) is 0 Å². The van der Waals surface area contributed by atoms with Gasteiger partial charge in [-0.25, -0.2) is 4.98 Å². The van der Waals surface area contributed by atoms with Gasteiger partial charge in [-0.15, -0.1) is 32.9 Å². The number of halogens is 1. The third-order valence-corrected chi connectivity index (χ3v) is 7.67. The monoisotopic (exact) mass is 453 g/mol. The summed E-state index contributed by atoms with van der Waals surface area (Å²) >= 11 is 10.1. The van der Waals surface area contributed by atoms with E-state index in [1.807, 2.05) is 19.1 Å². The molecule has 0 atom stereocenters. The number of anilines is 1. The first-order valence-corrected chi connectivity index (χ1v) is 11.5. The van der Waals surface area contributed by atoms with E-state index < -0.39 is 0 Å². The van der Waals surface area contributed by atoms with Crippen molar-refractivity contribution in [2.24, 2.45) is 5.92 Å². The van der Waals surface area contributed by atoms with Crippen molar-refractivity contribution >= 4 is 62.6 Å². The zero-order valence-electron chi connectivity index (χ0n) is 14.8. The lowest BCUT2D eigenvalue weighted by Gasteiger charge is -2.30. The molecule has 1 saturated heterocycles. The van der Waals surface area contributed by atoms with Gasteiger partial charge in [0, 0.05) is 19.0 Å². The zero-order chi connectivity index (χ0) is 19.7. The molecule has 0 saturated carbocycles. The Labute approximate surface area is 178 Å². The van der Waals surface area contributed by atoms with E-state index in [2.05, 4.69) is 20.5 Å². The molecule has 4 heterocycles. The second-order valence-electron chi connectivity index (χ2n) is 6.34. The molecule has 2 amide bonds. The number of likely N-dealkylation sites (tertiary alicyclic amines) is 1. The maximum Gasteiger partial charge on any atom is 0.265 e. The molecule has 0 bridgehead atoms. The third-order valence-electron chi connectivity index (χ3n) is 4.52. The molecule has 28 heavy (non-hydrogen) atoms. The number of rotatable bonds is 4. The Bertz CT molecular complexity index is 993. The van der Waals surface area contributed by atoms with Crippen molar-refractivity contribution in [3.05, 3.63) is 32.6 Å². The number of nitrogens with one attached hydrogen (secondary N) is 1. The Balaban J connectivity index is 1.39. The molecule has 4 rings (SSSR count). The molecular weight excluding hydrogens is 438 g/mol. The van der Waals surface area contributed by atoms with E-state index in [1.165, 1.54) is 34.0 Å². The topological polar surface area (TPSA) is 88.1 Å². The van der Waals surface area contributed by atoms with E-state index in [0.717, 1.165) is 15.6 Å². The van der Waals surface area contributed by atoms with Crippen LogP contribution in [-0.4, -0.2) is 45.0 Å². The molecule has 3 aromatic heterocycles. The van der Waals surface area contributed by atoms with Gasteiger partial charge in [-0.3, -0.25) is 9.59 Å². The smallest absolute Gasteiger partial charge is 0.265 e. The van der Waals surface area contributed by atoms with Crippen LogP contribution in [0, 0.1) is 12.8 Å². The fourth-order valence-corrected chi connectivity index (χ4v) is 5.63. The second kappa shape index (κ2) is 8.24. The van der Waals surface area contributed by atoms with Gasteiger partial charge >= 0.3 is 0 Å². The molecule has 0 aromatic carbocycles. The fourth-order valence-electron chi connectivity index (χ4n) is 3.05. The van der Waals surface area contributed by atoms with Crippen molar-refractivity contribution in [3.8, 4) is 9.88 Å². The maximum absolute atomic E-state index is 13.0. The summed E-state index contributed by atoms with van der Waals surface area (Å²) in [7, 11) is 0. The van der Waals surface area contributed by atoms with Crippen molar-refractivity contribution < 1.29 is 9.59 Å². The molecular formula is C17H16ClN5O2S3. The number of aryl methyl sites for hydroxylation is 1. The summed E-state index contributed by atoms with van der Waals surface area (Å²) in [5.41, 5.74) is 2.30. The number of hydrogen-bond acceptors (Lipinski definition) is 8. The van der Waals surface area contributed by atoms with Crippen LogP contribution in [0.2, 0.25) is 4.34 Å². The molecule has 0 radical (unpaired) electrons. The lowest BCUT2D eigenvalue weighted by atomic mass is 9.96. The van der Waals surface area contributed by atoms with E-state index in [0.29, 0.717) is 40.3 Å². The Morgan fingerprint density at radius 3 is 2.68 bits per heavy atom. The van der Waals surface area contributed by atoms with E-state index in [9.17, 15) is 9.59 Å². The lowest BCUT2D eigenvalue weighted by molar-refractivity contribution is -0.121. The first-order valence-electron chi connectivity index (χ1n) is 8.60. The fraction of sp³-hybridized carbons (Fsp3) is 0.353. The predicted octanol–water partition coefficient (Wildman–Crippen LogP) is 4.18. The van der Waals surface area contributed by atoms with Crippen molar-refractivity contribution in [3.63, 3.8) is 0 Å². The molecule has 0 aliphatic carbocycles. The third kappa shape index (κ3) is 4.09. The molecule has 146 valence electrons. The van der Waals surface area contributed by atoms with Gasteiger partial charge in [0.1, 0.15) is 15.4 Å². The summed E-state index contributed by atoms with van der Waals surface area (Å²) in [5.74, 6) is -0.208. The SMILES string of the molecule is Cc1nc(-c2ccc(Cl)s2)sc1C(=O)N1CCC(C(=O)Nc2nncs2)CC1. The van der Waals surface area contributed by atoms with E-state index in [1.54, 1.807) is 10.4 Å². The van der Waals surface area contributed by atoms with E-state index >= 15 is 0 Å². The molecule has 0 unspecified atom stereocenters. The number of carbonyl (C=O) groups excluding carboxylic acids is 2. The van der Waals surface area contributed by atoms with Crippen molar-refractivity contribution in [1.82, 2.24) is 20.1 Å². The zero-order valence-corrected chi connectivity index (χ0v) is 18.1. The quantitative estimate of drug-likeness (QED) is 0.640. The van der Waals surface area contributed by atoms with Crippen molar-refractivity contribution in [2.45, 2.75) is 19.8 Å². The summed E-state index contributed by atoms with van der Waals surface area (Å²) in [6.07, 6.45) is 1.25. The number of aromatic nitrogens is 3. The van der Waals surface area contributed by atoms with Gasteiger partial charge in [0.15, 0.2) is 0 Å². The van der Waals surface area contributed by atoms with Crippen LogP contribution < -0.4 is 5.32 Å². The van der Waals surface area contributed by atoms with Gasteiger partial charge in [-0.2, -0.15) is 0 Å². The van der Waals surface area contributed by atoms with Gasteiger partial charge in [0.05, 0.1) is 14.9 Å². The van der Waals surface area contributed by atoms with Crippen molar-refractivity contribution in [1.29, 1.82) is 0 Å². The first-order chi connectivity index (χ1) is 13.5. The highest BCUT2D eigenvalue weighted by Crippen LogP contribution is 2.35. The summed E-state index contributed by atoms with van der Waals surface area (Å²) in [6.45, 7) is 2.94. The van der Waals surface area contributed by atoms with Gasteiger partial charge in [-0.05, 0) is 31.9 Å². The summed E-state index contributed by atoms with van der Waals surface area (Å²) in [4.78, 5) is 33.3. The van der Waals surface area contributed by atoms with Crippen LogP contribution in [0.15, 0.2) is 17.6 Å². The molecule has 1 aliphatic heterocycles. The van der Waals surface area contributed by atoms with Crippen molar-refractivity contribution in [2.75, 3.05) is 18.4 Å². The number of thiazole rings is 1. The van der Waals surface area contributed by atoms with Crippen LogP contribution in [0.25, 0.3) is 9.88 Å². The minimum absolute atomic E-state index is 0.0214. The molecule has 7 nitrogen and oxygen atoms in total. The highest BCUT2D eigenvalue weighted by Gasteiger charge is 2.30.